The largest absolute Gasteiger partial charge is 0.370 e. The second-order valence-electron chi connectivity index (χ2n) is 5.10. The lowest BCUT2D eigenvalue weighted by Crippen LogP contribution is -2.14. The highest BCUT2D eigenvalue weighted by Crippen LogP contribution is 2.42. The van der Waals surface area contributed by atoms with Crippen LogP contribution in [0.5, 0.6) is 0 Å². The van der Waals surface area contributed by atoms with E-state index in [4.69, 9.17) is 15.0 Å². The molecule has 0 aromatic carbocycles. The van der Waals surface area contributed by atoms with E-state index < -0.39 is 0 Å². The molecule has 2 aliphatic rings. The van der Waals surface area contributed by atoms with E-state index >= 15 is 0 Å². The Kier molecular flexibility index (Phi) is 3.18. The quantitative estimate of drug-likeness (QED) is 0.807. The van der Waals surface area contributed by atoms with Gasteiger partial charge in [0, 0.05) is 12.6 Å². The number of hydrogen-bond donors (Lipinski definition) is 1. The minimum atomic E-state index is 0.00607. The first-order chi connectivity index (χ1) is 8.78. The van der Waals surface area contributed by atoms with Gasteiger partial charge >= 0.3 is 0 Å². The summed E-state index contributed by atoms with van der Waals surface area (Å²) in [5, 5.41) is 4.08. The van der Waals surface area contributed by atoms with Crippen LogP contribution in [-0.4, -0.2) is 22.8 Å². The number of nitrogens with zero attached hydrogens (tertiary/aromatic N) is 2. The third-order valence-corrected chi connectivity index (χ3v) is 3.54. The Morgan fingerprint density at radius 2 is 2.33 bits per heavy atom. The summed E-state index contributed by atoms with van der Waals surface area (Å²) in [7, 11) is 0. The first-order valence-electron chi connectivity index (χ1n) is 6.67. The zero-order valence-corrected chi connectivity index (χ0v) is 10.6. The van der Waals surface area contributed by atoms with Crippen LogP contribution in [0, 0.1) is 5.92 Å². The molecule has 18 heavy (non-hydrogen) atoms. The van der Waals surface area contributed by atoms with E-state index in [1.807, 2.05) is 13.0 Å². The highest BCUT2D eigenvalue weighted by molar-refractivity contribution is 5.16. The molecule has 1 aromatic heterocycles. The molecule has 2 N–H and O–H groups in total. The van der Waals surface area contributed by atoms with E-state index in [-0.39, 0.29) is 18.1 Å². The Morgan fingerprint density at radius 3 is 2.94 bits per heavy atom. The van der Waals surface area contributed by atoms with Crippen LogP contribution in [-0.2, 0) is 4.74 Å². The van der Waals surface area contributed by atoms with E-state index in [9.17, 15) is 0 Å². The second kappa shape index (κ2) is 4.82. The van der Waals surface area contributed by atoms with Crippen LogP contribution < -0.4 is 5.73 Å². The number of hydrogen-bond acceptors (Lipinski definition) is 5. The molecule has 98 valence electrons. The van der Waals surface area contributed by atoms with Gasteiger partial charge in [-0.05, 0) is 32.1 Å². The van der Waals surface area contributed by atoms with Crippen molar-refractivity contribution >= 4 is 0 Å². The third kappa shape index (κ3) is 2.33. The molecule has 1 heterocycles. The predicted molar refractivity (Wildman–Crippen MR) is 65.9 cm³/mol. The zero-order valence-electron chi connectivity index (χ0n) is 10.6. The van der Waals surface area contributed by atoms with Crippen LogP contribution >= 0.6 is 0 Å². The van der Waals surface area contributed by atoms with Crippen molar-refractivity contribution in [2.75, 3.05) is 6.61 Å². The summed E-state index contributed by atoms with van der Waals surface area (Å²) in [6.45, 7) is 2.67. The zero-order chi connectivity index (χ0) is 12.5. The summed E-state index contributed by atoms with van der Waals surface area (Å²) >= 11 is 0. The molecule has 1 saturated carbocycles. The minimum Gasteiger partial charge on any atom is -0.370 e. The van der Waals surface area contributed by atoms with Gasteiger partial charge in [-0.25, -0.2) is 0 Å². The van der Waals surface area contributed by atoms with Crippen molar-refractivity contribution in [3.8, 4) is 0 Å². The Balaban J connectivity index is 1.73. The van der Waals surface area contributed by atoms with E-state index in [1.54, 1.807) is 0 Å². The first-order valence-corrected chi connectivity index (χ1v) is 6.67. The summed E-state index contributed by atoms with van der Waals surface area (Å²) in [6, 6.07) is 0.108. The number of rotatable bonds is 5. The Labute approximate surface area is 106 Å². The SMILES string of the molecule is CCOC(c1noc(C2C=CC(N)C2)n1)C1CC1. The maximum absolute atomic E-state index is 5.83. The lowest BCUT2D eigenvalue weighted by atomic mass is 10.1. The molecule has 1 aromatic rings. The molecule has 0 saturated heterocycles. The topological polar surface area (TPSA) is 74.2 Å². The standard InChI is InChI=1S/C13H19N3O2/c1-2-17-11(8-3-4-8)12-15-13(18-16-12)9-5-6-10(14)7-9/h5-6,8-11H,2-4,7,14H2,1H3. The van der Waals surface area contributed by atoms with Gasteiger partial charge in [0.15, 0.2) is 0 Å². The fraction of sp³-hybridized carbons (Fsp3) is 0.692. The number of ether oxygens (including phenoxy) is 1. The maximum atomic E-state index is 5.83. The highest BCUT2D eigenvalue weighted by Gasteiger charge is 2.36. The molecule has 0 radical (unpaired) electrons. The van der Waals surface area contributed by atoms with Crippen LogP contribution in [0.15, 0.2) is 16.7 Å². The van der Waals surface area contributed by atoms with Crippen LogP contribution in [0.25, 0.3) is 0 Å². The third-order valence-electron chi connectivity index (χ3n) is 3.54. The van der Waals surface area contributed by atoms with Crippen LogP contribution in [0.2, 0.25) is 0 Å². The van der Waals surface area contributed by atoms with E-state index in [0.717, 1.165) is 6.42 Å². The molecule has 5 nitrogen and oxygen atoms in total. The molecule has 1 fully saturated rings. The van der Waals surface area contributed by atoms with Crippen LogP contribution in [0.1, 0.15) is 49.9 Å². The van der Waals surface area contributed by atoms with Crippen molar-refractivity contribution in [3.63, 3.8) is 0 Å². The molecule has 0 bridgehead atoms. The van der Waals surface area contributed by atoms with Crippen molar-refractivity contribution in [3.05, 3.63) is 23.9 Å². The van der Waals surface area contributed by atoms with Gasteiger partial charge in [-0.1, -0.05) is 17.3 Å². The second-order valence-corrected chi connectivity index (χ2v) is 5.10. The number of nitrogens with two attached hydrogens (primary N) is 1. The summed E-state index contributed by atoms with van der Waals surface area (Å²) in [5.41, 5.74) is 5.83. The normalized spacial score (nSPS) is 28.8. The van der Waals surface area contributed by atoms with Gasteiger partial charge in [0.2, 0.25) is 11.7 Å². The summed E-state index contributed by atoms with van der Waals surface area (Å²) in [6.07, 6.45) is 7.30. The number of allylic oxidation sites excluding steroid dienone is 1. The Hall–Kier alpha value is -1.20. The van der Waals surface area contributed by atoms with Gasteiger partial charge in [-0.3, -0.25) is 0 Å². The van der Waals surface area contributed by atoms with Gasteiger partial charge in [0.25, 0.3) is 0 Å². The summed E-state index contributed by atoms with van der Waals surface area (Å²) in [5.74, 6) is 2.10. The van der Waals surface area contributed by atoms with Gasteiger partial charge in [0.05, 0.1) is 5.92 Å². The monoisotopic (exact) mass is 249 g/mol. The van der Waals surface area contributed by atoms with Crippen molar-refractivity contribution < 1.29 is 9.26 Å². The Morgan fingerprint density at radius 1 is 1.50 bits per heavy atom. The fourth-order valence-corrected chi connectivity index (χ4v) is 2.42. The van der Waals surface area contributed by atoms with Crippen LogP contribution in [0.4, 0.5) is 0 Å². The number of aromatic nitrogens is 2. The van der Waals surface area contributed by atoms with Crippen molar-refractivity contribution in [2.24, 2.45) is 11.7 Å². The Bertz CT molecular complexity index is 439. The molecular formula is C13H19N3O2. The lowest BCUT2D eigenvalue weighted by molar-refractivity contribution is 0.0384. The molecule has 2 aliphatic carbocycles. The maximum Gasteiger partial charge on any atom is 0.233 e. The molecule has 0 aliphatic heterocycles. The van der Waals surface area contributed by atoms with Gasteiger partial charge < -0.3 is 15.0 Å². The van der Waals surface area contributed by atoms with Crippen molar-refractivity contribution in [1.82, 2.24) is 10.1 Å². The minimum absolute atomic E-state index is 0.00607. The van der Waals surface area contributed by atoms with Crippen LogP contribution in [0.3, 0.4) is 0 Å². The lowest BCUT2D eigenvalue weighted by Gasteiger charge is -2.11. The van der Waals surface area contributed by atoms with Crippen molar-refractivity contribution in [2.45, 2.75) is 44.2 Å². The molecular weight excluding hydrogens is 230 g/mol. The summed E-state index contributed by atoms with van der Waals surface area (Å²) < 4.78 is 11.1. The first kappa shape index (κ1) is 11.9. The molecule has 3 rings (SSSR count). The smallest absolute Gasteiger partial charge is 0.233 e. The fourth-order valence-electron chi connectivity index (χ4n) is 2.42. The van der Waals surface area contributed by atoms with Gasteiger partial charge in [-0.2, -0.15) is 4.98 Å². The molecule has 0 spiro atoms. The van der Waals surface area contributed by atoms with Gasteiger partial charge in [-0.15, -0.1) is 0 Å². The average Bonchev–Trinajstić information content (AvgIpc) is 2.91. The predicted octanol–water partition coefficient (Wildman–Crippen LogP) is 1.93. The van der Waals surface area contributed by atoms with Crippen molar-refractivity contribution in [1.29, 1.82) is 0 Å². The summed E-state index contributed by atoms with van der Waals surface area (Å²) in [4.78, 5) is 4.50. The molecule has 5 heteroatoms. The molecule has 3 unspecified atom stereocenters. The van der Waals surface area contributed by atoms with Gasteiger partial charge in [0.1, 0.15) is 6.10 Å². The molecule has 3 atom stereocenters. The van der Waals surface area contributed by atoms with E-state index in [0.29, 0.717) is 24.2 Å². The van der Waals surface area contributed by atoms with E-state index in [1.165, 1.54) is 12.8 Å². The average molecular weight is 249 g/mol. The van der Waals surface area contributed by atoms with E-state index in [2.05, 4.69) is 16.2 Å². The highest BCUT2D eigenvalue weighted by atomic mass is 16.5. The molecule has 0 amide bonds.